The quantitative estimate of drug-likeness (QED) is 0.586. The molecule has 1 N–H and O–H groups in total. The summed E-state index contributed by atoms with van der Waals surface area (Å²) in [5.41, 5.74) is 2.28. The molecule has 25 heavy (non-hydrogen) atoms. The monoisotopic (exact) mass is 345 g/mol. The first kappa shape index (κ1) is 20.5. The van der Waals surface area contributed by atoms with Crippen molar-refractivity contribution in [3.8, 4) is 0 Å². The minimum Gasteiger partial charge on any atom is -0.465 e. The van der Waals surface area contributed by atoms with Crippen LogP contribution in [0.1, 0.15) is 45.7 Å². The van der Waals surface area contributed by atoms with Gasteiger partial charge in [-0.25, -0.2) is 9.59 Å². The van der Waals surface area contributed by atoms with Gasteiger partial charge in [-0.2, -0.15) is 0 Å². The van der Waals surface area contributed by atoms with E-state index in [0.29, 0.717) is 0 Å². The lowest BCUT2D eigenvalue weighted by atomic mass is 9.90. The summed E-state index contributed by atoms with van der Waals surface area (Å²) in [6, 6.07) is 7.12. The lowest BCUT2D eigenvalue weighted by molar-refractivity contribution is -0.141. The third-order valence-electron chi connectivity index (χ3n) is 4.14. The molecule has 0 fully saturated rings. The smallest absolute Gasteiger partial charge is 0.408 e. The van der Waals surface area contributed by atoms with Crippen molar-refractivity contribution in [3.05, 3.63) is 54.1 Å². The Morgan fingerprint density at radius 1 is 1.20 bits per heavy atom. The summed E-state index contributed by atoms with van der Waals surface area (Å²) < 4.78 is 5.12. The maximum absolute atomic E-state index is 11.9. The van der Waals surface area contributed by atoms with E-state index in [9.17, 15) is 14.7 Å². The Morgan fingerprint density at radius 2 is 1.72 bits per heavy atom. The molecule has 0 aliphatic carbocycles. The first-order chi connectivity index (χ1) is 11.5. The highest BCUT2D eigenvalue weighted by atomic mass is 16.5. The summed E-state index contributed by atoms with van der Waals surface area (Å²) in [6.45, 7) is 16.2. The van der Waals surface area contributed by atoms with Gasteiger partial charge in [0.05, 0.1) is 11.6 Å². The van der Waals surface area contributed by atoms with Gasteiger partial charge in [-0.15, -0.1) is 0 Å². The Labute approximate surface area is 149 Å². The number of hydrogen-bond acceptors (Lipinski definition) is 3. The molecular formula is C20H27NO4. The van der Waals surface area contributed by atoms with Crippen molar-refractivity contribution in [2.24, 2.45) is 0 Å². The van der Waals surface area contributed by atoms with Crippen molar-refractivity contribution in [2.75, 3.05) is 6.61 Å². The van der Waals surface area contributed by atoms with E-state index < -0.39 is 23.6 Å². The number of esters is 1. The lowest BCUT2D eigenvalue weighted by Crippen LogP contribution is -2.51. The Bertz CT molecular complexity index is 673. The maximum atomic E-state index is 11.9. The van der Waals surface area contributed by atoms with Crippen LogP contribution in [0.3, 0.4) is 0 Å². The number of carbonyl (C=O) groups excluding carboxylic acids is 1. The van der Waals surface area contributed by atoms with Gasteiger partial charge in [0.15, 0.2) is 0 Å². The molecule has 0 aromatic heterocycles. The summed E-state index contributed by atoms with van der Waals surface area (Å²) in [6.07, 6.45) is -1.08. The van der Waals surface area contributed by atoms with Gasteiger partial charge in [0.2, 0.25) is 0 Å². The van der Waals surface area contributed by atoms with Crippen molar-refractivity contribution in [2.45, 2.75) is 46.2 Å². The average molecular weight is 345 g/mol. The Balaban J connectivity index is 3.05. The van der Waals surface area contributed by atoms with Gasteiger partial charge in [0.25, 0.3) is 0 Å². The maximum Gasteiger partial charge on any atom is 0.408 e. The molecule has 0 bridgehead atoms. The number of rotatable bonds is 7. The molecule has 1 unspecified atom stereocenters. The zero-order valence-corrected chi connectivity index (χ0v) is 15.6. The molecule has 1 aromatic rings. The number of carbonyl (C=O) groups is 2. The molecule has 0 saturated heterocycles. The molecule has 0 spiro atoms. The molecule has 1 amide bonds. The van der Waals surface area contributed by atoms with Gasteiger partial charge < -0.3 is 9.84 Å². The summed E-state index contributed by atoms with van der Waals surface area (Å²) in [5.74, 6) is -0.527. The van der Waals surface area contributed by atoms with Crippen LogP contribution >= 0.6 is 0 Å². The second-order valence-corrected chi connectivity index (χ2v) is 6.80. The standard InChI is InChI=1S/C20H27NO4/c1-13(2)16-8-10-17(11-9-16)20(6,7)21(19(23)24)15(5)12-25-18(22)14(3)4/h8-11,15H,1,3,12H2,2,4-7H3,(H,23,24). The molecule has 0 saturated carbocycles. The van der Waals surface area contributed by atoms with E-state index in [1.807, 2.05) is 45.0 Å². The number of benzene rings is 1. The molecule has 1 rings (SSSR count). The van der Waals surface area contributed by atoms with Crippen LogP contribution in [-0.4, -0.2) is 34.7 Å². The highest BCUT2D eigenvalue weighted by Crippen LogP contribution is 2.31. The van der Waals surface area contributed by atoms with Crippen LogP contribution < -0.4 is 0 Å². The van der Waals surface area contributed by atoms with Crippen molar-refractivity contribution in [1.29, 1.82) is 0 Å². The number of ether oxygens (including phenoxy) is 1. The molecule has 1 aromatic carbocycles. The van der Waals surface area contributed by atoms with E-state index >= 15 is 0 Å². The van der Waals surface area contributed by atoms with Gasteiger partial charge >= 0.3 is 12.1 Å². The SMILES string of the molecule is C=C(C)C(=O)OCC(C)N(C(=O)O)C(C)(C)c1ccc(C(=C)C)cc1. The molecule has 0 heterocycles. The largest absolute Gasteiger partial charge is 0.465 e. The first-order valence-corrected chi connectivity index (χ1v) is 8.09. The molecule has 5 nitrogen and oxygen atoms in total. The summed E-state index contributed by atoms with van der Waals surface area (Å²) in [4.78, 5) is 24.7. The van der Waals surface area contributed by atoms with Gasteiger partial charge in [-0.3, -0.25) is 4.90 Å². The Morgan fingerprint density at radius 3 is 2.12 bits per heavy atom. The predicted octanol–water partition coefficient (Wildman–Crippen LogP) is 4.44. The molecule has 0 aliphatic rings. The fourth-order valence-corrected chi connectivity index (χ4v) is 2.67. The Hall–Kier alpha value is -2.56. The van der Waals surface area contributed by atoms with Crippen LogP contribution in [0.25, 0.3) is 5.57 Å². The molecule has 1 atom stereocenters. The molecule has 0 aliphatic heterocycles. The van der Waals surface area contributed by atoms with Gasteiger partial charge in [-0.05, 0) is 45.7 Å². The van der Waals surface area contributed by atoms with Crippen molar-refractivity contribution >= 4 is 17.6 Å². The van der Waals surface area contributed by atoms with Gasteiger partial charge in [0, 0.05) is 5.57 Å². The lowest BCUT2D eigenvalue weighted by Gasteiger charge is -2.40. The summed E-state index contributed by atoms with van der Waals surface area (Å²) in [5, 5.41) is 9.71. The highest BCUT2D eigenvalue weighted by molar-refractivity contribution is 5.86. The van der Waals surface area contributed by atoms with E-state index in [1.54, 1.807) is 13.8 Å². The van der Waals surface area contributed by atoms with Crippen molar-refractivity contribution < 1.29 is 19.4 Å². The average Bonchev–Trinajstić information content (AvgIpc) is 2.51. The number of carboxylic acid groups (broad SMARTS) is 1. The van der Waals surface area contributed by atoms with Crippen LogP contribution in [0.4, 0.5) is 4.79 Å². The van der Waals surface area contributed by atoms with E-state index in [-0.39, 0.29) is 12.2 Å². The van der Waals surface area contributed by atoms with Crippen LogP contribution in [-0.2, 0) is 15.1 Å². The van der Waals surface area contributed by atoms with Gasteiger partial charge in [-0.1, -0.05) is 43.0 Å². The van der Waals surface area contributed by atoms with E-state index in [2.05, 4.69) is 13.2 Å². The predicted molar refractivity (Wildman–Crippen MR) is 99.3 cm³/mol. The molecular weight excluding hydrogens is 318 g/mol. The third-order valence-corrected chi connectivity index (χ3v) is 4.14. The van der Waals surface area contributed by atoms with Crippen LogP contribution in [0.2, 0.25) is 0 Å². The van der Waals surface area contributed by atoms with E-state index in [4.69, 9.17) is 4.74 Å². The number of amides is 1. The van der Waals surface area contributed by atoms with Crippen LogP contribution in [0.15, 0.2) is 43.0 Å². The molecule has 0 radical (unpaired) electrons. The van der Waals surface area contributed by atoms with Gasteiger partial charge in [0.1, 0.15) is 6.61 Å². The number of allylic oxidation sites excluding steroid dienone is 1. The second kappa shape index (κ2) is 8.01. The van der Waals surface area contributed by atoms with E-state index in [0.717, 1.165) is 16.7 Å². The number of hydrogen-bond donors (Lipinski definition) is 1. The zero-order chi connectivity index (χ0) is 19.4. The van der Waals surface area contributed by atoms with Crippen molar-refractivity contribution in [3.63, 3.8) is 0 Å². The van der Waals surface area contributed by atoms with Crippen LogP contribution in [0, 0.1) is 0 Å². The first-order valence-electron chi connectivity index (χ1n) is 8.09. The normalized spacial score (nSPS) is 12.2. The minimum atomic E-state index is -1.08. The third kappa shape index (κ3) is 4.95. The second-order valence-electron chi connectivity index (χ2n) is 6.80. The minimum absolute atomic E-state index is 0.0364. The molecule has 5 heteroatoms. The fourth-order valence-electron chi connectivity index (χ4n) is 2.67. The summed E-state index contributed by atoms with van der Waals surface area (Å²) in [7, 11) is 0. The topological polar surface area (TPSA) is 66.8 Å². The highest BCUT2D eigenvalue weighted by Gasteiger charge is 2.36. The van der Waals surface area contributed by atoms with Crippen LogP contribution in [0.5, 0.6) is 0 Å². The molecule has 136 valence electrons. The fraction of sp³-hybridized carbons (Fsp3) is 0.400. The summed E-state index contributed by atoms with van der Waals surface area (Å²) >= 11 is 0. The van der Waals surface area contributed by atoms with E-state index in [1.165, 1.54) is 4.90 Å². The van der Waals surface area contributed by atoms with Crippen molar-refractivity contribution in [1.82, 2.24) is 4.90 Å². The Kier molecular flexibility index (Phi) is 6.56. The number of nitrogens with zero attached hydrogens (tertiary/aromatic N) is 1. The zero-order valence-electron chi connectivity index (χ0n) is 15.6.